The van der Waals surface area contributed by atoms with Gasteiger partial charge >= 0.3 is 11.9 Å². The molecule has 6 rings (SSSR count). The molecule has 0 atom stereocenters. The molecule has 0 saturated carbocycles. The summed E-state index contributed by atoms with van der Waals surface area (Å²) in [5, 5.41) is 0. The number of ketones is 1. The van der Waals surface area contributed by atoms with E-state index in [1.807, 2.05) is 48.5 Å². The van der Waals surface area contributed by atoms with E-state index >= 15 is 0 Å². The number of unbranched alkanes of at least 4 members (excludes halogenated alkanes) is 6. The van der Waals surface area contributed by atoms with E-state index in [9.17, 15) is 14.4 Å². The van der Waals surface area contributed by atoms with Crippen LogP contribution < -0.4 is 19.1 Å². The molecular weight excluding hydrogens is 725 g/mol. The molecule has 1 aliphatic rings. The lowest BCUT2D eigenvalue weighted by Crippen LogP contribution is -2.44. The average molecular weight is 779 g/mol. The maximum absolute atomic E-state index is 13.1. The Hall–Kier alpha value is -5.99. The normalized spacial score (nSPS) is 12.8. The minimum absolute atomic E-state index is 0.0641. The van der Waals surface area contributed by atoms with Gasteiger partial charge in [0.2, 0.25) is 0 Å². The maximum atomic E-state index is 13.1. The third-order valence-corrected chi connectivity index (χ3v) is 10.5. The molecule has 5 aromatic rings. The molecule has 0 N–H and O–H groups in total. The first-order chi connectivity index (χ1) is 28.2. The van der Waals surface area contributed by atoms with Gasteiger partial charge in [-0.1, -0.05) is 88.4 Å². The number of piperazine rings is 1. The van der Waals surface area contributed by atoms with Crippen molar-refractivity contribution in [2.45, 2.75) is 64.7 Å². The Balaban J connectivity index is 0.918. The SMILES string of the molecule is C=C(Oc1ccc(N2CCN(C)CC2)cc1)c1ccc(CC(=O)c2ccc(OC(=O)c3ccc(OC(=O)c4ccc(CCCCCCCCC)cc4)cc3)cc2)cc1. The quantitative estimate of drug-likeness (QED) is 0.0269. The van der Waals surface area contributed by atoms with Crippen LogP contribution in [0.15, 0.2) is 128 Å². The molecule has 58 heavy (non-hydrogen) atoms. The Bertz CT molecular complexity index is 2100. The Morgan fingerprint density at radius 1 is 0.517 bits per heavy atom. The van der Waals surface area contributed by atoms with Crippen molar-refractivity contribution >= 4 is 29.2 Å². The minimum Gasteiger partial charge on any atom is -0.457 e. The molecule has 1 heterocycles. The highest BCUT2D eigenvalue weighted by atomic mass is 16.5. The molecule has 0 amide bonds. The van der Waals surface area contributed by atoms with Gasteiger partial charge in [0.05, 0.1) is 11.1 Å². The summed E-state index contributed by atoms with van der Waals surface area (Å²) < 4.78 is 17.1. The topological polar surface area (TPSA) is 85.4 Å². The van der Waals surface area contributed by atoms with Crippen LogP contribution in [-0.4, -0.2) is 55.8 Å². The summed E-state index contributed by atoms with van der Waals surface area (Å²) in [4.78, 5) is 43.4. The van der Waals surface area contributed by atoms with E-state index < -0.39 is 11.9 Å². The van der Waals surface area contributed by atoms with Crippen LogP contribution in [-0.2, 0) is 12.8 Å². The number of anilines is 1. The molecular formula is C50H54N2O6. The van der Waals surface area contributed by atoms with E-state index in [1.54, 1.807) is 60.7 Å². The number of benzene rings is 5. The number of aryl methyl sites for hydroxylation is 1. The summed E-state index contributed by atoms with van der Waals surface area (Å²) in [6.45, 7) is 10.5. The second kappa shape index (κ2) is 21.0. The highest BCUT2D eigenvalue weighted by Crippen LogP contribution is 2.25. The lowest BCUT2D eigenvalue weighted by atomic mass is 10.0. The molecule has 0 unspecified atom stereocenters. The maximum Gasteiger partial charge on any atom is 0.343 e. The van der Waals surface area contributed by atoms with Gasteiger partial charge in [-0.25, -0.2) is 9.59 Å². The van der Waals surface area contributed by atoms with E-state index in [4.69, 9.17) is 14.2 Å². The van der Waals surface area contributed by atoms with Crippen molar-refractivity contribution in [2.75, 3.05) is 38.1 Å². The molecule has 0 aliphatic carbocycles. The largest absolute Gasteiger partial charge is 0.457 e. The Morgan fingerprint density at radius 3 is 1.53 bits per heavy atom. The zero-order valence-electron chi connectivity index (χ0n) is 33.8. The molecule has 0 aromatic heterocycles. The fourth-order valence-electron chi connectivity index (χ4n) is 6.88. The van der Waals surface area contributed by atoms with Crippen molar-refractivity contribution in [3.63, 3.8) is 0 Å². The molecule has 1 fully saturated rings. The molecule has 5 aromatic carbocycles. The predicted octanol–water partition coefficient (Wildman–Crippen LogP) is 10.6. The van der Waals surface area contributed by atoms with Crippen LogP contribution in [0.3, 0.4) is 0 Å². The smallest absolute Gasteiger partial charge is 0.343 e. The zero-order valence-corrected chi connectivity index (χ0v) is 33.8. The van der Waals surface area contributed by atoms with Gasteiger partial charge in [0.15, 0.2) is 5.78 Å². The van der Waals surface area contributed by atoms with Gasteiger partial charge in [-0.15, -0.1) is 0 Å². The number of esters is 2. The second-order valence-corrected chi connectivity index (χ2v) is 15.0. The van der Waals surface area contributed by atoms with Crippen LogP contribution in [0.4, 0.5) is 5.69 Å². The van der Waals surface area contributed by atoms with Crippen molar-refractivity contribution in [1.82, 2.24) is 4.90 Å². The number of ether oxygens (including phenoxy) is 3. The van der Waals surface area contributed by atoms with Crippen LogP contribution >= 0.6 is 0 Å². The predicted molar refractivity (Wildman–Crippen MR) is 231 cm³/mol. The zero-order chi connectivity index (χ0) is 40.7. The molecule has 1 saturated heterocycles. The number of rotatable bonds is 19. The Labute approximate surface area is 343 Å². The van der Waals surface area contributed by atoms with Crippen molar-refractivity contribution in [3.8, 4) is 17.2 Å². The standard InChI is InChI=1S/C50H54N2O6/c1-4-5-6-7-8-9-10-11-38-12-18-42(19-13-38)49(54)58-47-28-22-43(23-29-47)50(55)57-46-26-20-41(21-27-46)48(53)36-39-14-16-40(17-15-39)37(2)56-45-30-24-44(25-31-45)52-34-32-51(3)33-35-52/h12-31H,2,4-11,32-36H2,1,3H3. The van der Waals surface area contributed by atoms with E-state index in [0.717, 1.165) is 55.9 Å². The van der Waals surface area contributed by atoms with Crippen LogP contribution in [0.25, 0.3) is 5.76 Å². The Morgan fingerprint density at radius 2 is 0.966 bits per heavy atom. The third kappa shape index (κ3) is 12.3. The first-order valence-electron chi connectivity index (χ1n) is 20.5. The monoisotopic (exact) mass is 778 g/mol. The highest BCUT2D eigenvalue weighted by molar-refractivity contribution is 5.98. The molecule has 0 bridgehead atoms. The summed E-state index contributed by atoms with van der Waals surface area (Å²) in [5.41, 5.74) is 5.35. The van der Waals surface area contributed by atoms with Gasteiger partial charge in [0.1, 0.15) is 23.0 Å². The van der Waals surface area contributed by atoms with E-state index in [1.165, 1.54) is 49.8 Å². The molecule has 8 heteroatoms. The first kappa shape index (κ1) is 41.6. The fraction of sp³-hybridized carbons (Fsp3) is 0.300. The average Bonchev–Trinajstić information content (AvgIpc) is 3.25. The molecule has 0 spiro atoms. The Kier molecular flexibility index (Phi) is 15.0. The van der Waals surface area contributed by atoms with Gasteiger partial charge in [-0.05, 0) is 116 Å². The number of Topliss-reactive ketones (excluding diaryl/α,β-unsaturated/α-hetero) is 1. The minimum atomic E-state index is -0.568. The fourth-order valence-corrected chi connectivity index (χ4v) is 6.88. The van der Waals surface area contributed by atoms with Crippen LogP contribution in [0.1, 0.15) is 99.6 Å². The molecule has 0 radical (unpaired) electrons. The summed E-state index contributed by atoms with van der Waals surface area (Å²) in [7, 11) is 2.15. The first-order valence-corrected chi connectivity index (χ1v) is 20.5. The number of carbonyl (C=O) groups is 3. The number of carbonyl (C=O) groups excluding carboxylic acids is 3. The third-order valence-electron chi connectivity index (χ3n) is 10.5. The van der Waals surface area contributed by atoms with Gasteiger partial charge in [0, 0.05) is 49.4 Å². The van der Waals surface area contributed by atoms with E-state index in [2.05, 4.69) is 42.5 Å². The number of nitrogens with zero attached hydrogens (tertiary/aromatic N) is 2. The summed E-state index contributed by atoms with van der Waals surface area (Å²) in [5.74, 6) is 0.792. The molecule has 1 aliphatic heterocycles. The van der Waals surface area contributed by atoms with Crippen molar-refractivity contribution in [2.24, 2.45) is 0 Å². The molecule has 300 valence electrons. The lowest BCUT2D eigenvalue weighted by molar-refractivity contribution is 0.0730. The van der Waals surface area contributed by atoms with Crippen molar-refractivity contribution < 1.29 is 28.6 Å². The summed E-state index contributed by atoms with van der Waals surface area (Å²) >= 11 is 0. The summed E-state index contributed by atoms with van der Waals surface area (Å²) in [6, 6.07) is 36.0. The van der Waals surface area contributed by atoms with Gasteiger partial charge in [-0.2, -0.15) is 0 Å². The van der Waals surface area contributed by atoms with Crippen LogP contribution in [0.2, 0.25) is 0 Å². The van der Waals surface area contributed by atoms with Gasteiger partial charge < -0.3 is 24.0 Å². The lowest BCUT2D eigenvalue weighted by Gasteiger charge is -2.34. The van der Waals surface area contributed by atoms with E-state index in [-0.39, 0.29) is 12.2 Å². The van der Waals surface area contributed by atoms with Crippen molar-refractivity contribution in [3.05, 3.63) is 161 Å². The van der Waals surface area contributed by atoms with Crippen LogP contribution in [0.5, 0.6) is 17.2 Å². The summed E-state index contributed by atoms with van der Waals surface area (Å²) in [6.07, 6.45) is 10.1. The van der Waals surface area contributed by atoms with Gasteiger partial charge in [-0.3, -0.25) is 4.79 Å². The molecule has 8 nitrogen and oxygen atoms in total. The number of hydrogen-bond acceptors (Lipinski definition) is 8. The van der Waals surface area contributed by atoms with E-state index in [0.29, 0.717) is 33.9 Å². The van der Waals surface area contributed by atoms with Crippen molar-refractivity contribution in [1.29, 1.82) is 0 Å². The van der Waals surface area contributed by atoms with Crippen LogP contribution in [0, 0.1) is 0 Å². The second-order valence-electron chi connectivity index (χ2n) is 15.0. The number of hydrogen-bond donors (Lipinski definition) is 0. The number of likely N-dealkylation sites (N-methyl/N-ethyl adjacent to an activating group) is 1. The van der Waals surface area contributed by atoms with Gasteiger partial charge in [0.25, 0.3) is 0 Å². The highest BCUT2D eigenvalue weighted by Gasteiger charge is 2.16.